The molecule has 0 amide bonds. The molecule has 5 aliphatic rings. The molecule has 6 unspecified atom stereocenters. The van der Waals surface area contributed by atoms with Crippen LogP contribution in [0.2, 0.25) is 0 Å². The van der Waals surface area contributed by atoms with Crippen LogP contribution in [0.15, 0.2) is 11.6 Å². The molecule has 3 saturated carbocycles. The molecule has 5 nitrogen and oxygen atoms in total. The first-order valence-electron chi connectivity index (χ1n) is 11.3. The third-order valence-electron chi connectivity index (χ3n) is 9.85. The van der Waals surface area contributed by atoms with Crippen LogP contribution in [0.5, 0.6) is 0 Å². The van der Waals surface area contributed by atoms with Gasteiger partial charge in [-0.2, -0.15) is 0 Å². The molecule has 0 aromatic rings. The van der Waals surface area contributed by atoms with Gasteiger partial charge in [0.2, 0.25) is 0 Å². The normalized spacial score (nSPS) is 48.4. The van der Waals surface area contributed by atoms with Gasteiger partial charge in [-0.05, 0) is 74.2 Å². The molecule has 0 aromatic heterocycles. The summed E-state index contributed by atoms with van der Waals surface area (Å²) in [5, 5.41) is 0. The molecule has 158 valence electrons. The number of carbonyl (C=O) groups excluding carboxylic acids is 3. The monoisotopic (exact) mass is 400 g/mol. The van der Waals surface area contributed by atoms with Crippen LogP contribution < -0.4 is 0 Å². The highest BCUT2D eigenvalue weighted by Crippen LogP contribution is 2.70. The van der Waals surface area contributed by atoms with Crippen molar-refractivity contribution in [2.45, 2.75) is 77.2 Å². The van der Waals surface area contributed by atoms with E-state index < -0.39 is 0 Å². The van der Waals surface area contributed by atoms with Crippen LogP contribution >= 0.6 is 0 Å². The maximum atomic E-state index is 12.9. The Bertz CT molecular complexity index is 814. The van der Waals surface area contributed by atoms with Crippen molar-refractivity contribution in [1.29, 1.82) is 0 Å². The number of carbonyl (C=O) groups is 3. The molecule has 1 saturated heterocycles. The van der Waals surface area contributed by atoms with Gasteiger partial charge in [-0.3, -0.25) is 14.4 Å². The Kier molecular flexibility index (Phi) is 4.12. The molecule has 29 heavy (non-hydrogen) atoms. The van der Waals surface area contributed by atoms with Crippen molar-refractivity contribution in [3.05, 3.63) is 11.6 Å². The maximum Gasteiger partial charge on any atom is 0.309 e. The summed E-state index contributed by atoms with van der Waals surface area (Å²) in [6.45, 7) is 4.63. The Hall–Kier alpha value is -1.65. The Balaban J connectivity index is 1.58. The minimum Gasteiger partial charge on any atom is -0.469 e. The quantitative estimate of drug-likeness (QED) is 0.623. The van der Waals surface area contributed by atoms with E-state index in [2.05, 4.69) is 13.8 Å². The van der Waals surface area contributed by atoms with E-state index in [1.54, 1.807) is 0 Å². The molecule has 1 spiro atoms. The molecule has 0 N–H and O–H groups in total. The molecule has 0 bridgehead atoms. The number of allylic oxidation sites excluding steroid dienone is 1. The summed E-state index contributed by atoms with van der Waals surface area (Å²) in [6, 6.07) is 0. The number of rotatable bonds is 1. The standard InChI is InChI=1S/C24H32O5/c1-22-8-4-15(25)12-14(22)13-16(21(27)28-3)20-17(22)5-9-23(2)18(20)6-10-24(23)11-7-19(26)29-24/h12,16-18,20H,4-11,13H2,1-3H3/t16-,17?,18?,20?,22?,23?,24?/m1/s1. The van der Waals surface area contributed by atoms with Crippen LogP contribution in [0.4, 0.5) is 0 Å². The van der Waals surface area contributed by atoms with Crippen molar-refractivity contribution < 1.29 is 23.9 Å². The highest BCUT2D eigenvalue weighted by atomic mass is 16.6. The molecule has 5 heteroatoms. The van der Waals surface area contributed by atoms with Crippen molar-refractivity contribution in [1.82, 2.24) is 0 Å². The lowest BCUT2D eigenvalue weighted by atomic mass is 9.44. The maximum absolute atomic E-state index is 12.9. The molecule has 1 aliphatic heterocycles. The zero-order valence-corrected chi connectivity index (χ0v) is 17.8. The van der Waals surface area contributed by atoms with Crippen molar-refractivity contribution in [2.24, 2.45) is 34.5 Å². The first-order chi connectivity index (χ1) is 13.7. The Morgan fingerprint density at radius 1 is 1.07 bits per heavy atom. The number of hydrogen-bond donors (Lipinski definition) is 0. The minimum absolute atomic E-state index is 0.00741. The number of ether oxygens (including phenoxy) is 2. The zero-order valence-electron chi connectivity index (χ0n) is 17.8. The molecule has 4 aliphatic carbocycles. The number of fused-ring (bicyclic) bond motifs is 6. The summed E-state index contributed by atoms with van der Waals surface area (Å²) >= 11 is 0. The third-order valence-corrected chi connectivity index (χ3v) is 9.85. The smallest absolute Gasteiger partial charge is 0.309 e. The number of hydrogen-bond acceptors (Lipinski definition) is 5. The zero-order chi connectivity index (χ0) is 20.6. The number of esters is 2. The fourth-order valence-electron chi connectivity index (χ4n) is 8.25. The number of methoxy groups -OCH3 is 1. The third kappa shape index (κ3) is 2.42. The van der Waals surface area contributed by atoms with Crippen LogP contribution in [-0.2, 0) is 23.9 Å². The van der Waals surface area contributed by atoms with E-state index in [9.17, 15) is 14.4 Å². The van der Waals surface area contributed by atoms with Gasteiger partial charge < -0.3 is 9.47 Å². The van der Waals surface area contributed by atoms with E-state index in [1.165, 1.54) is 7.11 Å². The summed E-state index contributed by atoms with van der Waals surface area (Å²) in [6.07, 6.45) is 9.25. The van der Waals surface area contributed by atoms with Crippen LogP contribution in [0, 0.1) is 34.5 Å². The van der Waals surface area contributed by atoms with E-state index in [-0.39, 0.29) is 46.0 Å². The fraction of sp³-hybridized carbons (Fsp3) is 0.792. The van der Waals surface area contributed by atoms with E-state index in [1.807, 2.05) is 6.08 Å². The SMILES string of the molecule is COC(=O)[C@@H]1CC2=CC(=O)CCC2(C)C2CCC3(C)C(CCC34CCC(=O)O4)C21. The molecule has 5 rings (SSSR count). The van der Waals surface area contributed by atoms with E-state index in [4.69, 9.17) is 9.47 Å². The summed E-state index contributed by atoms with van der Waals surface area (Å²) in [7, 11) is 1.47. The number of ketones is 1. The van der Waals surface area contributed by atoms with Crippen LogP contribution in [0.3, 0.4) is 0 Å². The molecule has 0 radical (unpaired) electrons. The Labute approximate surface area is 172 Å². The summed E-state index contributed by atoms with van der Waals surface area (Å²) < 4.78 is 11.3. The molecular weight excluding hydrogens is 368 g/mol. The van der Waals surface area contributed by atoms with Gasteiger partial charge in [0, 0.05) is 18.3 Å². The topological polar surface area (TPSA) is 69.7 Å². The highest BCUT2D eigenvalue weighted by molar-refractivity contribution is 5.92. The molecule has 0 aromatic carbocycles. The largest absolute Gasteiger partial charge is 0.469 e. The van der Waals surface area contributed by atoms with Crippen LogP contribution in [0.25, 0.3) is 0 Å². The van der Waals surface area contributed by atoms with Gasteiger partial charge in [0.1, 0.15) is 5.60 Å². The highest BCUT2D eigenvalue weighted by Gasteiger charge is 2.69. The fourth-order valence-corrected chi connectivity index (χ4v) is 8.25. The van der Waals surface area contributed by atoms with E-state index >= 15 is 0 Å². The Morgan fingerprint density at radius 2 is 1.83 bits per heavy atom. The lowest BCUT2D eigenvalue weighted by molar-refractivity contribution is -0.177. The second-order valence-corrected chi connectivity index (χ2v) is 10.6. The van der Waals surface area contributed by atoms with E-state index in [0.717, 1.165) is 44.1 Å². The molecular formula is C24H32O5. The summed E-state index contributed by atoms with van der Waals surface area (Å²) in [5.74, 6) is 0.747. The molecule has 4 fully saturated rings. The summed E-state index contributed by atoms with van der Waals surface area (Å²) in [5.41, 5.74) is 0.732. The first kappa shape index (κ1) is 19.3. The average molecular weight is 401 g/mol. The first-order valence-corrected chi connectivity index (χ1v) is 11.3. The Morgan fingerprint density at radius 3 is 2.52 bits per heavy atom. The van der Waals surface area contributed by atoms with Crippen LogP contribution in [-0.4, -0.2) is 30.4 Å². The lowest BCUT2D eigenvalue weighted by Gasteiger charge is -2.60. The van der Waals surface area contributed by atoms with Gasteiger partial charge in [-0.25, -0.2) is 0 Å². The van der Waals surface area contributed by atoms with Crippen molar-refractivity contribution >= 4 is 17.7 Å². The average Bonchev–Trinajstić information content (AvgIpc) is 3.22. The van der Waals surface area contributed by atoms with Gasteiger partial charge >= 0.3 is 11.9 Å². The van der Waals surface area contributed by atoms with E-state index in [0.29, 0.717) is 31.1 Å². The molecule has 1 heterocycles. The summed E-state index contributed by atoms with van der Waals surface area (Å²) in [4.78, 5) is 37.1. The lowest BCUT2D eigenvalue weighted by Crippen LogP contribution is -2.58. The van der Waals surface area contributed by atoms with Crippen molar-refractivity contribution in [3.63, 3.8) is 0 Å². The van der Waals surface area contributed by atoms with Gasteiger partial charge in [0.25, 0.3) is 0 Å². The van der Waals surface area contributed by atoms with Gasteiger partial charge in [0.05, 0.1) is 13.0 Å². The van der Waals surface area contributed by atoms with Crippen molar-refractivity contribution in [3.8, 4) is 0 Å². The van der Waals surface area contributed by atoms with Gasteiger partial charge in [-0.1, -0.05) is 19.4 Å². The minimum atomic E-state index is -0.347. The predicted molar refractivity (Wildman–Crippen MR) is 106 cm³/mol. The second-order valence-electron chi connectivity index (χ2n) is 10.6. The predicted octanol–water partition coefficient (Wildman–Crippen LogP) is 3.99. The van der Waals surface area contributed by atoms with Gasteiger partial charge in [0.15, 0.2) is 5.78 Å². The van der Waals surface area contributed by atoms with Gasteiger partial charge in [-0.15, -0.1) is 0 Å². The molecule has 7 atom stereocenters. The second kappa shape index (κ2) is 6.18. The van der Waals surface area contributed by atoms with Crippen LogP contribution in [0.1, 0.15) is 71.6 Å². The van der Waals surface area contributed by atoms with Crippen molar-refractivity contribution in [2.75, 3.05) is 7.11 Å².